The van der Waals surface area contributed by atoms with Crippen LogP contribution in [-0.4, -0.2) is 16.6 Å². The Kier molecular flexibility index (Phi) is 3.81. The van der Waals surface area contributed by atoms with Gasteiger partial charge in [-0.3, -0.25) is 10.1 Å². The quantitative estimate of drug-likeness (QED) is 0.833. The van der Waals surface area contributed by atoms with Gasteiger partial charge in [-0.2, -0.15) is 5.26 Å². The summed E-state index contributed by atoms with van der Waals surface area (Å²) in [5, 5.41) is 20.4. The molecule has 1 aromatic rings. The number of nitrogens with one attached hydrogen (secondary N) is 1. The third-order valence-corrected chi connectivity index (χ3v) is 2.42. The van der Waals surface area contributed by atoms with E-state index in [9.17, 15) is 9.18 Å². The van der Waals surface area contributed by atoms with E-state index in [4.69, 9.17) is 10.4 Å². The van der Waals surface area contributed by atoms with Crippen molar-refractivity contribution in [3.05, 3.63) is 35.1 Å². The second-order valence-corrected chi connectivity index (χ2v) is 4.21. The first-order valence-electron chi connectivity index (χ1n) is 5.04. The fourth-order valence-corrected chi connectivity index (χ4v) is 1.17. The van der Waals surface area contributed by atoms with Crippen LogP contribution in [0.4, 0.5) is 4.39 Å². The number of halogens is 1. The molecule has 0 saturated heterocycles. The van der Waals surface area contributed by atoms with Gasteiger partial charge in [-0.15, -0.1) is 0 Å². The van der Waals surface area contributed by atoms with Crippen LogP contribution in [0.5, 0.6) is 0 Å². The lowest BCUT2D eigenvalue weighted by Crippen LogP contribution is -2.46. The standard InChI is InChI=1S/C12H13FN2O2/c1-12(2,11(16)17)15-7-8-3-4-10(13)9(5-8)6-14/h3-5,15H,7H2,1-2H3,(H,16,17). The van der Waals surface area contributed by atoms with Crippen LogP contribution in [0.2, 0.25) is 0 Å². The monoisotopic (exact) mass is 236 g/mol. The Morgan fingerprint density at radius 3 is 2.76 bits per heavy atom. The van der Waals surface area contributed by atoms with Crippen LogP contribution in [0.15, 0.2) is 18.2 Å². The number of rotatable bonds is 4. The van der Waals surface area contributed by atoms with Crippen LogP contribution in [0.1, 0.15) is 25.0 Å². The number of hydrogen-bond donors (Lipinski definition) is 2. The largest absolute Gasteiger partial charge is 0.480 e. The molecule has 0 radical (unpaired) electrons. The third kappa shape index (κ3) is 3.26. The number of aliphatic carboxylic acids is 1. The highest BCUT2D eigenvalue weighted by molar-refractivity contribution is 5.77. The highest BCUT2D eigenvalue weighted by Gasteiger charge is 2.25. The molecule has 0 aliphatic rings. The van der Waals surface area contributed by atoms with Gasteiger partial charge in [0.05, 0.1) is 5.56 Å². The molecule has 17 heavy (non-hydrogen) atoms. The highest BCUT2D eigenvalue weighted by Crippen LogP contribution is 2.11. The van der Waals surface area contributed by atoms with Crippen molar-refractivity contribution >= 4 is 5.97 Å². The second-order valence-electron chi connectivity index (χ2n) is 4.21. The number of carbonyl (C=O) groups is 1. The normalized spacial score (nSPS) is 10.9. The lowest BCUT2D eigenvalue weighted by atomic mass is 10.0. The molecule has 0 bridgehead atoms. The molecular weight excluding hydrogens is 223 g/mol. The predicted octanol–water partition coefficient (Wildman–Crippen LogP) is 1.65. The number of carboxylic acids is 1. The molecule has 0 aromatic heterocycles. The Hall–Kier alpha value is -1.93. The van der Waals surface area contributed by atoms with Gasteiger partial charge in [-0.1, -0.05) is 6.07 Å². The average molecular weight is 236 g/mol. The fourth-order valence-electron chi connectivity index (χ4n) is 1.17. The Morgan fingerprint density at radius 1 is 1.59 bits per heavy atom. The van der Waals surface area contributed by atoms with Crippen LogP contribution < -0.4 is 5.32 Å². The minimum Gasteiger partial charge on any atom is -0.480 e. The number of hydrogen-bond acceptors (Lipinski definition) is 3. The summed E-state index contributed by atoms with van der Waals surface area (Å²) in [6.45, 7) is 3.32. The SMILES string of the molecule is CC(C)(NCc1ccc(F)c(C#N)c1)C(=O)O. The first-order chi connectivity index (χ1) is 7.86. The van der Waals surface area contributed by atoms with Gasteiger partial charge in [0, 0.05) is 6.54 Å². The van der Waals surface area contributed by atoms with E-state index in [1.807, 2.05) is 0 Å². The van der Waals surface area contributed by atoms with E-state index in [2.05, 4.69) is 5.32 Å². The summed E-state index contributed by atoms with van der Waals surface area (Å²) in [5.41, 5.74) is -0.448. The van der Waals surface area contributed by atoms with Gasteiger partial charge in [-0.05, 0) is 31.5 Å². The molecule has 2 N–H and O–H groups in total. The molecule has 0 aliphatic heterocycles. The van der Waals surface area contributed by atoms with Crippen molar-refractivity contribution in [1.29, 1.82) is 5.26 Å². The molecule has 0 aliphatic carbocycles. The van der Waals surface area contributed by atoms with Crippen molar-refractivity contribution in [2.45, 2.75) is 25.9 Å². The molecule has 0 amide bonds. The van der Waals surface area contributed by atoms with Gasteiger partial charge in [0.15, 0.2) is 0 Å². The summed E-state index contributed by atoms with van der Waals surface area (Å²) in [7, 11) is 0. The zero-order valence-electron chi connectivity index (χ0n) is 9.62. The minimum atomic E-state index is -1.07. The zero-order valence-corrected chi connectivity index (χ0v) is 9.62. The Labute approximate surface area is 98.7 Å². The van der Waals surface area contributed by atoms with Gasteiger partial charge in [0.2, 0.25) is 0 Å². The lowest BCUT2D eigenvalue weighted by molar-refractivity contribution is -0.143. The summed E-state index contributed by atoms with van der Waals surface area (Å²) in [6.07, 6.45) is 0. The zero-order chi connectivity index (χ0) is 13.1. The summed E-state index contributed by atoms with van der Waals surface area (Å²) < 4.78 is 13.0. The summed E-state index contributed by atoms with van der Waals surface area (Å²) in [5.74, 6) is -1.55. The number of nitrogens with zero attached hydrogens (tertiary/aromatic N) is 1. The maximum Gasteiger partial charge on any atom is 0.323 e. The third-order valence-electron chi connectivity index (χ3n) is 2.42. The molecule has 4 nitrogen and oxygen atoms in total. The maximum absolute atomic E-state index is 13.0. The lowest BCUT2D eigenvalue weighted by Gasteiger charge is -2.21. The number of carboxylic acid groups (broad SMARTS) is 1. The Morgan fingerprint density at radius 2 is 2.24 bits per heavy atom. The highest BCUT2D eigenvalue weighted by atomic mass is 19.1. The molecule has 90 valence electrons. The van der Waals surface area contributed by atoms with E-state index in [1.165, 1.54) is 32.0 Å². The Bertz CT molecular complexity index is 478. The number of nitriles is 1. The Balaban J connectivity index is 2.78. The molecule has 1 rings (SSSR count). The van der Waals surface area contributed by atoms with Gasteiger partial charge >= 0.3 is 5.97 Å². The van der Waals surface area contributed by atoms with Crippen LogP contribution in [0, 0.1) is 17.1 Å². The molecule has 0 heterocycles. The smallest absolute Gasteiger partial charge is 0.323 e. The van der Waals surface area contributed by atoms with E-state index in [0.29, 0.717) is 5.56 Å². The predicted molar refractivity (Wildman–Crippen MR) is 59.7 cm³/mol. The molecule has 1 aromatic carbocycles. The first kappa shape index (κ1) is 13.1. The van der Waals surface area contributed by atoms with E-state index in [0.717, 1.165) is 0 Å². The van der Waals surface area contributed by atoms with Crippen LogP contribution in [0.25, 0.3) is 0 Å². The molecule has 0 saturated carbocycles. The molecule has 0 spiro atoms. The van der Waals surface area contributed by atoms with Crippen molar-refractivity contribution < 1.29 is 14.3 Å². The summed E-state index contributed by atoms with van der Waals surface area (Å²) in [6, 6.07) is 5.85. The topological polar surface area (TPSA) is 73.1 Å². The van der Waals surface area contributed by atoms with E-state index in [1.54, 1.807) is 6.07 Å². The first-order valence-corrected chi connectivity index (χ1v) is 5.04. The van der Waals surface area contributed by atoms with Crippen molar-refractivity contribution in [1.82, 2.24) is 5.32 Å². The summed E-state index contributed by atoms with van der Waals surface area (Å²) >= 11 is 0. The maximum atomic E-state index is 13.0. The molecule has 0 atom stereocenters. The fraction of sp³-hybridized carbons (Fsp3) is 0.333. The van der Waals surface area contributed by atoms with Gasteiger partial charge in [-0.25, -0.2) is 4.39 Å². The van der Waals surface area contributed by atoms with Crippen LogP contribution >= 0.6 is 0 Å². The molecule has 5 heteroatoms. The van der Waals surface area contributed by atoms with E-state index >= 15 is 0 Å². The summed E-state index contributed by atoms with van der Waals surface area (Å²) in [4.78, 5) is 10.8. The average Bonchev–Trinajstić information content (AvgIpc) is 2.28. The van der Waals surface area contributed by atoms with Gasteiger partial charge in [0.1, 0.15) is 17.4 Å². The van der Waals surface area contributed by atoms with Crippen molar-refractivity contribution in [3.8, 4) is 6.07 Å². The molecule has 0 unspecified atom stereocenters. The second kappa shape index (κ2) is 4.93. The number of benzene rings is 1. The van der Waals surface area contributed by atoms with E-state index < -0.39 is 17.3 Å². The minimum absolute atomic E-state index is 0.0440. The van der Waals surface area contributed by atoms with Crippen LogP contribution in [0.3, 0.4) is 0 Å². The molecule has 0 fully saturated rings. The van der Waals surface area contributed by atoms with Crippen molar-refractivity contribution in [2.24, 2.45) is 0 Å². The van der Waals surface area contributed by atoms with Crippen molar-refractivity contribution in [3.63, 3.8) is 0 Å². The van der Waals surface area contributed by atoms with Crippen molar-refractivity contribution in [2.75, 3.05) is 0 Å². The molecular formula is C12H13FN2O2. The van der Waals surface area contributed by atoms with E-state index in [-0.39, 0.29) is 12.1 Å². The van der Waals surface area contributed by atoms with Crippen LogP contribution in [-0.2, 0) is 11.3 Å². The van der Waals surface area contributed by atoms with Gasteiger partial charge < -0.3 is 5.11 Å². The van der Waals surface area contributed by atoms with Gasteiger partial charge in [0.25, 0.3) is 0 Å².